The second-order valence-corrected chi connectivity index (χ2v) is 9.42. The first kappa shape index (κ1) is 21.9. The highest BCUT2D eigenvalue weighted by atomic mass is 19.1. The van der Waals surface area contributed by atoms with Gasteiger partial charge in [-0.2, -0.15) is 0 Å². The number of hydrogen-bond acceptors (Lipinski definition) is 3. The predicted molar refractivity (Wildman–Crippen MR) is 120 cm³/mol. The second-order valence-electron chi connectivity index (χ2n) is 9.42. The van der Waals surface area contributed by atoms with Gasteiger partial charge in [0.05, 0.1) is 5.69 Å². The molecule has 32 heavy (non-hydrogen) atoms. The first-order valence-electron chi connectivity index (χ1n) is 10.6. The number of carbonyl (C=O) groups is 2. The molecule has 6 heteroatoms. The lowest BCUT2D eigenvalue weighted by atomic mass is 9.68. The zero-order chi connectivity index (χ0) is 23.2. The number of ketones is 1. The SMILES string of the molecule is CC1=C(C(=O)Nc2ccc(F)cc2F)C(c2ccc(C)cc2)C2=C(CC(C)(C)CC2=O)N1. The summed E-state index contributed by atoms with van der Waals surface area (Å²) >= 11 is 0. The molecule has 2 N–H and O–H groups in total. The number of Topliss-reactive ketones (excluding diaryl/α,β-unsaturated/α-hetero) is 1. The Balaban J connectivity index is 1.80. The van der Waals surface area contributed by atoms with E-state index in [1.54, 1.807) is 6.92 Å². The normalized spacial score (nSPS) is 20.1. The third kappa shape index (κ3) is 4.09. The van der Waals surface area contributed by atoms with E-state index >= 15 is 0 Å². The first-order valence-corrected chi connectivity index (χ1v) is 10.6. The average Bonchev–Trinajstić information content (AvgIpc) is 2.68. The van der Waals surface area contributed by atoms with Crippen molar-refractivity contribution in [3.05, 3.63) is 87.8 Å². The smallest absolute Gasteiger partial charge is 0.254 e. The Morgan fingerprint density at radius 2 is 1.75 bits per heavy atom. The zero-order valence-electron chi connectivity index (χ0n) is 18.6. The van der Waals surface area contributed by atoms with Gasteiger partial charge in [-0.05, 0) is 43.4 Å². The summed E-state index contributed by atoms with van der Waals surface area (Å²) < 4.78 is 27.5. The van der Waals surface area contributed by atoms with Gasteiger partial charge in [-0.25, -0.2) is 8.78 Å². The van der Waals surface area contributed by atoms with Crippen LogP contribution in [0.4, 0.5) is 14.5 Å². The van der Waals surface area contributed by atoms with Crippen LogP contribution in [0.5, 0.6) is 0 Å². The van der Waals surface area contributed by atoms with Gasteiger partial charge in [0, 0.05) is 40.9 Å². The topological polar surface area (TPSA) is 58.2 Å². The molecule has 4 rings (SSSR count). The van der Waals surface area contributed by atoms with Gasteiger partial charge in [0.2, 0.25) is 0 Å². The highest BCUT2D eigenvalue weighted by Gasteiger charge is 2.42. The molecule has 1 amide bonds. The fraction of sp³-hybridized carbons (Fsp3) is 0.308. The third-order valence-corrected chi connectivity index (χ3v) is 6.07. The Morgan fingerprint density at radius 3 is 2.41 bits per heavy atom. The second kappa shape index (κ2) is 8.01. The quantitative estimate of drug-likeness (QED) is 0.667. The minimum absolute atomic E-state index is 0.0000812. The van der Waals surface area contributed by atoms with Gasteiger partial charge in [-0.15, -0.1) is 0 Å². The van der Waals surface area contributed by atoms with Gasteiger partial charge in [-0.3, -0.25) is 9.59 Å². The van der Waals surface area contributed by atoms with Crippen LogP contribution >= 0.6 is 0 Å². The molecule has 1 aliphatic carbocycles. The van der Waals surface area contributed by atoms with Crippen LogP contribution in [0.25, 0.3) is 0 Å². The largest absolute Gasteiger partial charge is 0.362 e. The van der Waals surface area contributed by atoms with E-state index in [2.05, 4.69) is 24.5 Å². The van der Waals surface area contributed by atoms with Gasteiger partial charge >= 0.3 is 0 Å². The summed E-state index contributed by atoms with van der Waals surface area (Å²) in [7, 11) is 0. The highest BCUT2D eigenvalue weighted by molar-refractivity contribution is 6.10. The highest BCUT2D eigenvalue weighted by Crippen LogP contribution is 2.46. The summed E-state index contributed by atoms with van der Waals surface area (Å²) in [5.74, 6) is -2.69. The maximum absolute atomic E-state index is 14.2. The number of anilines is 1. The van der Waals surface area contributed by atoms with E-state index in [1.165, 1.54) is 6.07 Å². The summed E-state index contributed by atoms with van der Waals surface area (Å²) in [5.41, 5.74) is 3.97. The Labute approximate surface area is 186 Å². The molecule has 0 bridgehead atoms. The number of nitrogens with one attached hydrogen (secondary N) is 2. The molecule has 4 nitrogen and oxygen atoms in total. The number of benzene rings is 2. The van der Waals surface area contributed by atoms with Crippen LogP contribution in [0.2, 0.25) is 0 Å². The van der Waals surface area contributed by atoms with E-state index in [1.807, 2.05) is 31.2 Å². The summed E-state index contributed by atoms with van der Waals surface area (Å²) in [6, 6.07) is 10.7. The van der Waals surface area contributed by atoms with Crippen molar-refractivity contribution in [2.24, 2.45) is 5.41 Å². The van der Waals surface area contributed by atoms with Crippen LogP contribution < -0.4 is 10.6 Å². The number of carbonyl (C=O) groups excluding carboxylic acids is 2. The lowest BCUT2D eigenvalue weighted by Crippen LogP contribution is -2.39. The van der Waals surface area contributed by atoms with Gasteiger partial charge in [0.25, 0.3) is 5.91 Å². The minimum atomic E-state index is -0.859. The van der Waals surface area contributed by atoms with Crippen LogP contribution in [0.3, 0.4) is 0 Å². The molecule has 0 aromatic heterocycles. The Bertz CT molecular complexity index is 1180. The molecule has 1 heterocycles. The van der Waals surface area contributed by atoms with Crippen molar-refractivity contribution in [2.75, 3.05) is 5.32 Å². The maximum Gasteiger partial charge on any atom is 0.254 e. The van der Waals surface area contributed by atoms with E-state index < -0.39 is 23.5 Å². The molecule has 2 aromatic rings. The van der Waals surface area contributed by atoms with E-state index in [-0.39, 0.29) is 16.9 Å². The molecule has 0 saturated carbocycles. The van der Waals surface area contributed by atoms with Crippen LogP contribution in [0.15, 0.2) is 65.0 Å². The molecule has 0 spiro atoms. The molecule has 2 aliphatic rings. The van der Waals surface area contributed by atoms with Crippen molar-refractivity contribution >= 4 is 17.4 Å². The van der Waals surface area contributed by atoms with E-state index in [0.29, 0.717) is 29.7 Å². The number of dihydropyridines is 1. The van der Waals surface area contributed by atoms with Crippen molar-refractivity contribution in [3.8, 4) is 0 Å². The summed E-state index contributed by atoms with van der Waals surface area (Å²) in [5, 5.41) is 5.84. The van der Waals surface area contributed by atoms with Crippen LogP contribution in [-0.4, -0.2) is 11.7 Å². The molecule has 0 radical (unpaired) electrons. The summed E-state index contributed by atoms with van der Waals surface area (Å²) in [6.07, 6.45) is 1.08. The lowest BCUT2D eigenvalue weighted by molar-refractivity contribution is -0.118. The van der Waals surface area contributed by atoms with Crippen molar-refractivity contribution in [3.63, 3.8) is 0 Å². The monoisotopic (exact) mass is 436 g/mol. The molecule has 166 valence electrons. The van der Waals surface area contributed by atoms with Gasteiger partial charge in [-0.1, -0.05) is 43.7 Å². The third-order valence-electron chi connectivity index (χ3n) is 6.07. The lowest BCUT2D eigenvalue weighted by Gasteiger charge is -2.39. The number of rotatable bonds is 3. The fourth-order valence-corrected chi connectivity index (χ4v) is 4.61. The van der Waals surface area contributed by atoms with Crippen LogP contribution in [-0.2, 0) is 9.59 Å². The maximum atomic E-state index is 14.2. The number of allylic oxidation sites excluding steroid dienone is 3. The molecular weight excluding hydrogens is 410 g/mol. The Morgan fingerprint density at radius 1 is 1.06 bits per heavy atom. The molecule has 0 fully saturated rings. The molecule has 1 unspecified atom stereocenters. The van der Waals surface area contributed by atoms with Crippen molar-refractivity contribution < 1.29 is 18.4 Å². The number of aryl methyl sites for hydroxylation is 1. The summed E-state index contributed by atoms with van der Waals surface area (Å²) in [6.45, 7) is 7.86. The summed E-state index contributed by atoms with van der Waals surface area (Å²) in [4.78, 5) is 26.6. The van der Waals surface area contributed by atoms with Crippen molar-refractivity contribution in [1.29, 1.82) is 0 Å². The van der Waals surface area contributed by atoms with Gasteiger partial charge < -0.3 is 10.6 Å². The zero-order valence-corrected chi connectivity index (χ0v) is 18.6. The molecule has 1 atom stereocenters. The Kier molecular flexibility index (Phi) is 5.49. The van der Waals surface area contributed by atoms with E-state index in [0.717, 1.165) is 29.0 Å². The Hall–Kier alpha value is -3.28. The van der Waals surface area contributed by atoms with Gasteiger partial charge in [0.15, 0.2) is 5.78 Å². The first-order chi connectivity index (χ1) is 15.1. The fourth-order valence-electron chi connectivity index (χ4n) is 4.61. The van der Waals surface area contributed by atoms with Crippen LogP contribution in [0, 0.1) is 24.0 Å². The molecular formula is C26H26F2N2O2. The number of hydrogen-bond donors (Lipinski definition) is 2. The van der Waals surface area contributed by atoms with Crippen LogP contribution in [0.1, 0.15) is 50.7 Å². The number of halogens is 2. The van der Waals surface area contributed by atoms with E-state index in [9.17, 15) is 18.4 Å². The minimum Gasteiger partial charge on any atom is -0.362 e. The molecule has 1 aliphatic heterocycles. The van der Waals surface area contributed by atoms with Crippen molar-refractivity contribution in [2.45, 2.75) is 46.5 Å². The standard InChI is InChI=1S/C26H26F2N2O2/c1-14-5-7-16(8-6-14)23-22(25(32)30-19-10-9-17(27)11-18(19)28)15(2)29-20-12-26(3,4)13-21(31)24(20)23/h5-11,23,29H,12-13H2,1-4H3,(H,30,32). The number of amides is 1. The predicted octanol–water partition coefficient (Wildman–Crippen LogP) is 5.52. The van der Waals surface area contributed by atoms with E-state index in [4.69, 9.17) is 0 Å². The molecule has 0 saturated heterocycles. The molecule has 2 aromatic carbocycles. The average molecular weight is 437 g/mol. The van der Waals surface area contributed by atoms with Crippen molar-refractivity contribution in [1.82, 2.24) is 5.32 Å². The van der Waals surface area contributed by atoms with Gasteiger partial charge in [0.1, 0.15) is 11.6 Å².